The van der Waals surface area contributed by atoms with E-state index in [-0.39, 0.29) is 6.54 Å². The summed E-state index contributed by atoms with van der Waals surface area (Å²) in [6.07, 6.45) is -38.3. The Morgan fingerprint density at radius 1 is 0.700 bits per heavy atom. The van der Waals surface area contributed by atoms with Crippen molar-refractivity contribution >= 4 is 29.4 Å². The second kappa shape index (κ2) is 22.3. The summed E-state index contributed by atoms with van der Waals surface area (Å²) in [6.45, 7) is -5.70. The highest BCUT2D eigenvalue weighted by Crippen LogP contribution is 2.62. The summed E-state index contributed by atoms with van der Waals surface area (Å²) in [6, 6.07) is 0. The van der Waals surface area contributed by atoms with E-state index >= 15 is 0 Å². The van der Waals surface area contributed by atoms with Crippen molar-refractivity contribution in [2.24, 2.45) is 11.5 Å². The van der Waals surface area contributed by atoms with E-state index in [4.69, 9.17) is 44.2 Å². The van der Waals surface area contributed by atoms with Crippen molar-refractivity contribution in [1.29, 1.82) is 0 Å². The van der Waals surface area contributed by atoms with Crippen LogP contribution in [0.4, 0.5) is 0 Å². The number of hydrogen-bond donors (Lipinski definition) is 17. The Bertz CT molecular complexity index is 1520. The number of aliphatic carboxylic acids is 1. The number of carbonyl (C=O) groups is 1. The number of nitrogens with two attached hydrogens (primary N) is 2. The average Bonchev–Trinajstić information content (AvgIpc) is 3.17. The number of ether oxygens (including phenoxy) is 5. The summed E-state index contributed by atoms with van der Waals surface area (Å²) < 4.78 is 87.5. The number of aliphatic hydroxyl groups is 11. The molecule has 0 amide bonds. The quantitative estimate of drug-likeness (QED) is 0.0423. The van der Waals surface area contributed by atoms with Gasteiger partial charge in [0, 0.05) is 19.5 Å². The van der Waals surface area contributed by atoms with Gasteiger partial charge in [-0.25, -0.2) is 18.5 Å². The van der Waals surface area contributed by atoms with Gasteiger partial charge in [-0.1, -0.05) is 0 Å². The molecule has 3 aliphatic heterocycles. The largest absolute Gasteiger partial charge is 0.481 e. The van der Waals surface area contributed by atoms with Crippen LogP contribution < -0.4 is 11.5 Å². The Kier molecular flexibility index (Phi) is 19.9. The van der Waals surface area contributed by atoms with Crippen LogP contribution in [0.25, 0.3) is 0 Å². The summed E-state index contributed by atoms with van der Waals surface area (Å²) in [4.78, 5) is 42.3. The van der Waals surface area contributed by atoms with Gasteiger partial charge in [0.25, 0.3) is 5.79 Å². The first-order valence-electron chi connectivity index (χ1n) is 17.4. The molecular weight excluding hydrogens is 897 g/mol. The Labute approximate surface area is 337 Å². The average molecular weight is 949 g/mol. The van der Waals surface area contributed by atoms with Crippen LogP contribution in [0.15, 0.2) is 0 Å². The highest BCUT2D eigenvalue weighted by atomic mass is 31.3. The zero-order valence-electron chi connectivity index (χ0n) is 30.8. The maximum absolute atomic E-state index is 13.0. The van der Waals surface area contributed by atoms with E-state index in [1.165, 1.54) is 0 Å². The van der Waals surface area contributed by atoms with E-state index in [0.717, 1.165) is 0 Å². The second-order valence-electron chi connectivity index (χ2n) is 13.2. The van der Waals surface area contributed by atoms with Crippen LogP contribution in [0.2, 0.25) is 0 Å². The third-order valence-corrected chi connectivity index (χ3v) is 12.5. The van der Waals surface area contributed by atoms with Gasteiger partial charge in [0.2, 0.25) is 0 Å². The molecule has 0 radical (unpaired) electrons. The summed E-state index contributed by atoms with van der Waals surface area (Å²) in [5.74, 6) is -5.70. The molecule has 31 nitrogen and oxygen atoms in total. The van der Waals surface area contributed by atoms with Crippen molar-refractivity contribution in [2.75, 3.05) is 46.1 Å². The van der Waals surface area contributed by atoms with Gasteiger partial charge in [-0.15, -0.1) is 0 Å². The first-order valence-corrected chi connectivity index (χ1v) is 21.9. The van der Waals surface area contributed by atoms with E-state index in [1.807, 2.05) is 0 Å². The molecule has 19 N–H and O–H groups in total. The SMILES string of the molecule is NCCOP(=O)(O)O[C@@H](CO)[C@H]1O[C@H](O[C@@H]2[C@H](O)[C@@H](O[C@H]3[C@@H]([C@H](O)CO)O[C@@](O)(C(=O)O)C[C@H]3OP(=O)(O)OP(=O)(O)OCCN)O[C@H]([C@@H](O)CO)[C@H]2O)[C@@H](O)[C@@H](O)[C@@H]1O. The van der Waals surface area contributed by atoms with Crippen LogP contribution >= 0.6 is 23.5 Å². The minimum atomic E-state index is -5.98. The van der Waals surface area contributed by atoms with Gasteiger partial charge in [0.15, 0.2) is 12.6 Å². The second-order valence-corrected chi connectivity index (χ2v) is 17.6. The monoisotopic (exact) mass is 948 g/mol. The third-order valence-electron chi connectivity index (χ3n) is 8.77. The Hall–Kier alpha value is -0.880. The molecule has 3 rings (SSSR count). The van der Waals surface area contributed by atoms with Crippen LogP contribution in [-0.2, 0) is 64.6 Å². The molecule has 3 aliphatic rings. The van der Waals surface area contributed by atoms with E-state index in [9.17, 15) is 94.4 Å². The Balaban J connectivity index is 2.04. The van der Waals surface area contributed by atoms with Crippen molar-refractivity contribution < 1.29 is 141 Å². The fraction of sp³-hybridized carbons (Fsp3) is 0.962. The molecule has 0 aromatic rings. The van der Waals surface area contributed by atoms with Gasteiger partial charge in [0.05, 0.1) is 33.0 Å². The lowest BCUT2D eigenvalue weighted by molar-refractivity contribution is -0.385. The van der Waals surface area contributed by atoms with Crippen LogP contribution in [0.3, 0.4) is 0 Å². The number of rotatable bonds is 23. The number of carboxylic acids is 1. The molecule has 0 saturated carbocycles. The molecule has 34 heteroatoms. The molecule has 0 aromatic carbocycles. The van der Waals surface area contributed by atoms with Gasteiger partial charge >= 0.3 is 29.4 Å². The molecular formula is C26H51N2O29P3. The van der Waals surface area contributed by atoms with Crippen molar-refractivity contribution in [3.8, 4) is 0 Å². The van der Waals surface area contributed by atoms with E-state index in [0.29, 0.717) is 0 Å². The van der Waals surface area contributed by atoms with Crippen LogP contribution in [0.5, 0.6) is 0 Å². The zero-order valence-corrected chi connectivity index (χ0v) is 33.5. The Morgan fingerprint density at radius 2 is 1.22 bits per heavy atom. The molecule has 0 aliphatic carbocycles. The van der Waals surface area contributed by atoms with Crippen molar-refractivity contribution in [3.63, 3.8) is 0 Å². The highest BCUT2D eigenvalue weighted by Gasteiger charge is 2.59. The van der Waals surface area contributed by atoms with E-state index in [1.54, 1.807) is 0 Å². The first kappa shape index (κ1) is 53.5. The standard InChI is InChI=1S/C26H51N2O29P3/c27-1-3-48-58(42,43)56-12(8-31)20-14(35)13(34)15(36)23(51-20)53-22-16(37)18(9(32)6-29)50-24(17(22)38)52-21-11(55-60(46,47)57-59(44,45)49-4-2-28)5-26(41,25(39)40)54-19(21)10(33)7-30/h9-24,29-38,41H,1-8,27-28H2,(H,39,40)(H,42,43)(H,44,45)(H,46,47)/t9-,10+,11+,12-,13-,14-,15-,16+,17-,18+,19+,20+,21+,22-,23+,24+,26+/m0/s1. The van der Waals surface area contributed by atoms with Gasteiger partial charge in [-0.05, 0) is 0 Å². The third kappa shape index (κ3) is 13.6. The van der Waals surface area contributed by atoms with Crippen molar-refractivity contribution in [2.45, 2.75) is 110 Å². The minimum Gasteiger partial charge on any atom is -0.477 e. The van der Waals surface area contributed by atoms with E-state index in [2.05, 4.69) is 13.4 Å². The molecule has 3 unspecified atom stereocenters. The summed E-state index contributed by atoms with van der Waals surface area (Å²) in [5, 5.41) is 126. The van der Waals surface area contributed by atoms with Gasteiger partial charge in [-0.3, -0.25) is 18.1 Å². The zero-order chi connectivity index (χ0) is 45.5. The number of phosphoric ester groups is 3. The summed E-state index contributed by atoms with van der Waals surface area (Å²) in [7, 11) is -16.5. The van der Waals surface area contributed by atoms with E-state index < -0.39 is 179 Å². The normalized spacial score (nSPS) is 39.8. The van der Waals surface area contributed by atoms with Crippen LogP contribution in [0, 0.1) is 0 Å². The summed E-state index contributed by atoms with van der Waals surface area (Å²) >= 11 is 0. The minimum absolute atomic E-state index is 0.267. The molecule has 3 heterocycles. The summed E-state index contributed by atoms with van der Waals surface area (Å²) in [5.41, 5.74) is 10.4. The lowest BCUT2D eigenvalue weighted by atomic mass is 9.91. The fourth-order valence-corrected chi connectivity index (χ4v) is 9.16. The maximum Gasteiger partial charge on any atom is 0.481 e. The van der Waals surface area contributed by atoms with Crippen LogP contribution in [0.1, 0.15) is 6.42 Å². The molecule has 3 saturated heterocycles. The molecule has 60 heavy (non-hydrogen) atoms. The highest BCUT2D eigenvalue weighted by molar-refractivity contribution is 7.61. The maximum atomic E-state index is 13.0. The van der Waals surface area contributed by atoms with Gasteiger partial charge < -0.3 is 111 Å². The van der Waals surface area contributed by atoms with Gasteiger partial charge in [0.1, 0.15) is 85.5 Å². The number of aliphatic hydroxyl groups excluding tert-OH is 10. The molecule has 0 aromatic heterocycles. The lowest BCUT2D eigenvalue weighted by Crippen LogP contribution is -2.68. The fourth-order valence-electron chi connectivity index (χ4n) is 5.98. The first-order chi connectivity index (χ1) is 27.8. The lowest BCUT2D eigenvalue weighted by Gasteiger charge is -2.50. The van der Waals surface area contributed by atoms with Gasteiger partial charge in [-0.2, -0.15) is 4.31 Å². The molecule has 0 spiro atoms. The molecule has 354 valence electrons. The predicted octanol–water partition coefficient (Wildman–Crippen LogP) is -8.69. The Morgan fingerprint density at radius 3 is 1.75 bits per heavy atom. The molecule has 0 bridgehead atoms. The number of hydrogen-bond acceptors (Lipinski definition) is 27. The van der Waals surface area contributed by atoms with Crippen molar-refractivity contribution in [1.82, 2.24) is 0 Å². The molecule has 3 fully saturated rings. The predicted molar refractivity (Wildman–Crippen MR) is 183 cm³/mol. The number of phosphoric acid groups is 3. The topological polar surface area (TPSA) is 516 Å². The molecule has 20 atom stereocenters. The van der Waals surface area contributed by atoms with Crippen molar-refractivity contribution in [3.05, 3.63) is 0 Å². The smallest absolute Gasteiger partial charge is 0.477 e. The number of carboxylic acid groups (broad SMARTS) is 1. The van der Waals surface area contributed by atoms with Crippen LogP contribution in [-0.4, -0.2) is 232 Å².